The number of methoxy groups -OCH3 is 1. The third-order valence-electron chi connectivity index (χ3n) is 4.23. The minimum absolute atomic E-state index is 0.0164. The van der Waals surface area contributed by atoms with Crippen molar-refractivity contribution < 1.29 is 14.2 Å². The number of rotatable bonds is 7. The van der Waals surface area contributed by atoms with Crippen LogP contribution in [0, 0.1) is 0 Å². The minimum Gasteiger partial charge on any atom is -0.494 e. The summed E-state index contributed by atoms with van der Waals surface area (Å²) in [5.74, 6) is 0.895. The van der Waals surface area contributed by atoms with E-state index in [-0.39, 0.29) is 6.23 Å². The van der Waals surface area contributed by atoms with Gasteiger partial charge in [0.05, 0.1) is 24.4 Å². The van der Waals surface area contributed by atoms with Gasteiger partial charge in [-0.25, -0.2) is 4.68 Å². The molecule has 0 aliphatic carbocycles. The fourth-order valence-corrected chi connectivity index (χ4v) is 2.99. The number of hydrogen-bond donors (Lipinski definition) is 0. The Morgan fingerprint density at radius 3 is 3.00 bits per heavy atom. The third kappa shape index (κ3) is 3.67. The van der Waals surface area contributed by atoms with E-state index in [1.54, 1.807) is 7.11 Å². The normalized spacial score (nSPS) is 18.4. The van der Waals surface area contributed by atoms with Crippen LogP contribution in [0.5, 0.6) is 5.75 Å². The van der Waals surface area contributed by atoms with E-state index < -0.39 is 0 Å². The van der Waals surface area contributed by atoms with E-state index in [1.807, 2.05) is 10.7 Å². The van der Waals surface area contributed by atoms with E-state index in [4.69, 9.17) is 19.3 Å². The van der Waals surface area contributed by atoms with Gasteiger partial charge in [-0.2, -0.15) is 5.10 Å². The molecule has 0 bridgehead atoms. The maximum Gasteiger partial charge on any atom is 0.150 e. The quantitative estimate of drug-likeness (QED) is 0.722. The van der Waals surface area contributed by atoms with Gasteiger partial charge in [-0.1, -0.05) is 13.3 Å². The van der Waals surface area contributed by atoms with Crippen LogP contribution in [0.1, 0.15) is 50.9 Å². The van der Waals surface area contributed by atoms with Gasteiger partial charge in [-0.05, 0) is 37.8 Å². The molecular weight excluding hydrogens is 292 g/mol. The second-order valence-corrected chi connectivity index (χ2v) is 6.03. The first kappa shape index (κ1) is 16.3. The number of ether oxygens (including phenoxy) is 3. The van der Waals surface area contributed by atoms with Crippen molar-refractivity contribution in [3.63, 3.8) is 0 Å². The maximum atomic E-state index is 5.92. The van der Waals surface area contributed by atoms with Crippen molar-refractivity contribution in [2.24, 2.45) is 0 Å². The summed E-state index contributed by atoms with van der Waals surface area (Å²) in [6.07, 6.45) is 5.53. The average molecular weight is 318 g/mol. The van der Waals surface area contributed by atoms with Crippen LogP contribution in [0.25, 0.3) is 10.9 Å². The lowest BCUT2D eigenvalue weighted by Crippen LogP contribution is -2.19. The Hall–Kier alpha value is -1.59. The van der Waals surface area contributed by atoms with Crippen molar-refractivity contribution >= 4 is 10.9 Å². The fourth-order valence-electron chi connectivity index (χ4n) is 2.99. The van der Waals surface area contributed by atoms with Crippen molar-refractivity contribution in [2.75, 3.05) is 20.3 Å². The molecule has 126 valence electrons. The zero-order chi connectivity index (χ0) is 16.1. The van der Waals surface area contributed by atoms with Gasteiger partial charge in [0.2, 0.25) is 0 Å². The Morgan fingerprint density at radius 2 is 2.26 bits per heavy atom. The molecule has 1 aromatic carbocycles. The van der Waals surface area contributed by atoms with Crippen LogP contribution in [0.15, 0.2) is 18.2 Å². The van der Waals surface area contributed by atoms with E-state index in [2.05, 4.69) is 19.1 Å². The van der Waals surface area contributed by atoms with Gasteiger partial charge in [0.15, 0.2) is 6.23 Å². The van der Waals surface area contributed by atoms with Crippen LogP contribution in [0.2, 0.25) is 0 Å². The number of fused-ring (bicyclic) bond motifs is 1. The number of aromatic nitrogens is 2. The molecule has 0 radical (unpaired) electrons. The standard InChI is InChI=1S/C18H26N2O3/c1-3-4-10-22-14-8-9-15-16(13-21-2)19-20(17(15)12-14)18-7-5-6-11-23-18/h8-9,12,18H,3-7,10-11,13H2,1-2H3. The summed E-state index contributed by atoms with van der Waals surface area (Å²) in [7, 11) is 1.70. The minimum atomic E-state index is 0.0164. The van der Waals surface area contributed by atoms with E-state index in [9.17, 15) is 0 Å². The van der Waals surface area contributed by atoms with Crippen molar-refractivity contribution in [1.82, 2.24) is 9.78 Å². The van der Waals surface area contributed by atoms with Gasteiger partial charge in [0.1, 0.15) is 5.75 Å². The Morgan fingerprint density at radius 1 is 1.35 bits per heavy atom. The summed E-state index contributed by atoms with van der Waals surface area (Å²) < 4.78 is 19.1. The summed E-state index contributed by atoms with van der Waals surface area (Å²) in [6.45, 7) is 4.23. The highest BCUT2D eigenvalue weighted by Gasteiger charge is 2.21. The first-order chi connectivity index (χ1) is 11.3. The molecule has 0 spiro atoms. The highest BCUT2D eigenvalue weighted by Crippen LogP contribution is 2.30. The second kappa shape index (κ2) is 7.79. The molecule has 1 aliphatic rings. The molecule has 5 nitrogen and oxygen atoms in total. The van der Waals surface area contributed by atoms with Gasteiger partial charge in [0.25, 0.3) is 0 Å². The maximum absolute atomic E-state index is 5.92. The molecule has 1 saturated heterocycles. The first-order valence-electron chi connectivity index (χ1n) is 8.58. The highest BCUT2D eigenvalue weighted by atomic mass is 16.5. The van der Waals surface area contributed by atoms with Gasteiger partial charge in [-0.3, -0.25) is 0 Å². The summed E-state index contributed by atoms with van der Waals surface area (Å²) in [6, 6.07) is 6.18. The van der Waals surface area contributed by atoms with Crippen LogP contribution >= 0.6 is 0 Å². The van der Waals surface area contributed by atoms with Crippen LogP contribution in [-0.2, 0) is 16.1 Å². The largest absolute Gasteiger partial charge is 0.494 e. The molecule has 23 heavy (non-hydrogen) atoms. The Balaban J connectivity index is 1.93. The third-order valence-corrected chi connectivity index (χ3v) is 4.23. The van der Waals surface area contributed by atoms with E-state index in [1.165, 1.54) is 6.42 Å². The van der Waals surface area contributed by atoms with Crippen molar-refractivity contribution in [3.05, 3.63) is 23.9 Å². The lowest BCUT2D eigenvalue weighted by atomic mass is 10.1. The molecule has 0 saturated carbocycles. The number of benzene rings is 1. The Kier molecular flexibility index (Phi) is 5.51. The van der Waals surface area contributed by atoms with Gasteiger partial charge in [0, 0.05) is 25.2 Å². The zero-order valence-corrected chi connectivity index (χ0v) is 14.1. The van der Waals surface area contributed by atoms with Gasteiger partial charge < -0.3 is 14.2 Å². The van der Waals surface area contributed by atoms with E-state index in [0.717, 1.165) is 61.2 Å². The van der Waals surface area contributed by atoms with Crippen LogP contribution in [0.3, 0.4) is 0 Å². The molecular formula is C18H26N2O3. The topological polar surface area (TPSA) is 45.5 Å². The molecule has 0 N–H and O–H groups in total. The van der Waals surface area contributed by atoms with E-state index in [0.29, 0.717) is 6.61 Å². The molecule has 1 aliphatic heterocycles. The fraction of sp³-hybridized carbons (Fsp3) is 0.611. The lowest BCUT2D eigenvalue weighted by molar-refractivity contribution is -0.0371. The number of hydrogen-bond acceptors (Lipinski definition) is 4. The second-order valence-electron chi connectivity index (χ2n) is 6.03. The van der Waals surface area contributed by atoms with Crippen LogP contribution in [-0.4, -0.2) is 30.1 Å². The first-order valence-corrected chi connectivity index (χ1v) is 8.58. The van der Waals surface area contributed by atoms with Crippen molar-refractivity contribution in [2.45, 2.75) is 51.9 Å². The van der Waals surface area contributed by atoms with Gasteiger partial charge in [-0.15, -0.1) is 0 Å². The SMILES string of the molecule is CCCCOc1ccc2c(COC)nn(C3CCCCO3)c2c1. The number of unbranched alkanes of at least 4 members (excludes halogenated alkanes) is 1. The van der Waals surface area contributed by atoms with E-state index >= 15 is 0 Å². The molecule has 2 aromatic rings. The average Bonchev–Trinajstić information content (AvgIpc) is 2.94. The predicted molar refractivity (Wildman–Crippen MR) is 89.7 cm³/mol. The van der Waals surface area contributed by atoms with Gasteiger partial charge >= 0.3 is 0 Å². The molecule has 1 aromatic heterocycles. The number of nitrogens with zero attached hydrogens (tertiary/aromatic N) is 2. The summed E-state index contributed by atoms with van der Waals surface area (Å²) >= 11 is 0. The molecule has 1 atom stereocenters. The molecule has 1 fully saturated rings. The van der Waals surface area contributed by atoms with Crippen molar-refractivity contribution in [3.8, 4) is 5.75 Å². The molecule has 5 heteroatoms. The lowest BCUT2D eigenvalue weighted by Gasteiger charge is -2.23. The predicted octanol–water partition coefficient (Wildman–Crippen LogP) is 4.06. The Labute approximate surface area is 137 Å². The molecule has 3 rings (SSSR count). The molecule has 2 heterocycles. The molecule has 0 amide bonds. The smallest absolute Gasteiger partial charge is 0.150 e. The van der Waals surface area contributed by atoms with Crippen LogP contribution < -0.4 is 4.74 Å². The monoisotopic (exact) mass is 318 g/mol. The Bertz CT molecular complexity index is 632. The summed E-state index contributed by atoms with van der Waals surface area (Å²) in [5.41, 5.74) is 2.02. The van der Waals surface area contributed by atoms with Crippen molar-refractivity contribution in [1.29, 1.82) is 0 Å². The zero-order valence-electron chi connectivity index (χ0n) is 14.1. The molecule has 1 unspecified atom stereocenters. The highest BCUT2D eigenvalue weighted by molar-refractivity contribution is 5.83. The van der Waals surface area contributed by atoms with Crippen LogP contribution in [0.4, 0.5) is 0 Å². The summed E-state index contributed by atoms with van der Waals surface area (Å²) in [4.78, 5) is 0. The summed E-state index contributed by atoms with van der Waals surface area (Å²) in [5, 5.41) is 5.87.